The summed E-state index contributed by atoms with van der Waals surface area (Å²) in [5.41, 5.74) is 1.82. The molecular weight excluding hydrogens is 394 g/mol. The zero-order valence-corrected chi connectivity index (χ0v) is 16.2. The predicted molar refractivity (Wildman–Crippen MR) is 104 cm³/mol. The average molecular weight is 416 g/mol. The van der Waals surface area contributed by atoms with Crippen molar-refractivity contribution >= 4 is 27.7 Å². The molecule has 0 radical (unpaired) electrons. The van der Waals surface area contributed by atoms with Crippen molar-refractivity contribution in [2.75, 3.05) is 31.2 Å². The van der Waals surface area contributed by atoms with Crippen LogP contribution in [0.5, 0.6) is 0 Å². The van der Waals surface area contributed by atoms with Crippen molar-refractivity contribution in [1.29, 1.82) is 0 Å². The van der Waals surface area contributed by atoms with Crippen molar-refractivity contribution in [3.05, 3.63) is 58.2 Å². The van der Waals surface area contributed by atoms with Crippen LogP contribution in [0.3, 0.4) is 0 Å². The van der Waals surface area contributed by atoms with Gasteiger partial charge in [0, 0.05) is 30.3 Å². The number of pyridine rings is 1. The Labute approximate surface area is 161 Å². The van der Waals surface area contributed by atoms with E-state index in [1.54, 1.807) is 0 Å². The number of carbonyl (C=O) groups is 1. The number of amides is 1. The highest BCUT2D eigenvalue weighted by atomic mass is 79.9. The predicted octanol–water partition coefficient (Wildman–Crippen LogP) is 3.03. The molecule has 2 aliphatic rings. The SMILES string of the molecule is O=C(NCc1ccnc(N2CCOCC2)c1)C1(c2ccc(Br)cc2)CC1. The third-order valence-corrected chi connectivity index (χ3v) is 5.71. The molecule has 1 aromatic carbocycles. The van der Waals surface area contributed by atoms with Crippen molar-refractivity contribution in [3.8, 4) is 0 Å². The van der Waals surface area contributed by atoms with Crippen LogP contribution in [-0.4, -0.2) is 37.2 Å². The van der Waals surface area contributed by atoms with Gasteiger partial charge in [0.25, 0.3) is 0 Å². The Kier molecular flexibility index (Phi) is 4.96. The maximum Gasteiger partial charge on any atom is 0.230 e. The van der Waals surface area contributed by atoms with Gasteiger partial charge in [-0.3, -0.25) is 4.79 Å². The summed E-state index contributed by atoms with van der Waals surface area (Å²) in [7, 11) is 0. The normalized spacial score (nSPS) is 18.4. The lowest BCUT2D eigenvalue weighted by molar-refractivity contribution is -0.123. The molecule has 1 saturated carbocycles. The highest BCUT2D eigenvalue weighted by Crippen LogP contribution is 2.48. The summed E-state index contributed by atoms with van der Waals surface area (Å²) in [4.78, 5) is 19.5. The van der Waals surface area contributed by atoms with Gasteiger partial charge >= 0.3 is 0 Å². The first-order valence-electron chi connectivity index (χ1n) is 8.99. The average Bonchev–Trinajstić information content (AvgIpc) is 3.50. The van der Waals surface area contributed by atoms with Gasteiger partial charge in [0.1, 0.15) is 5.82 Å². The van der Waals surface area contributed by atoms with Crippen LogP contribution in [0, 0.1) is 0 Å². The van der Waals surface area contributed by atoms with Crippen LogP contribution in [0.25, 0.3) is 0 Å². The molecule has 0 spiro atoms. The number of hydrogen-bond acceptors (Lipinski definition) is 4. The summed E-state index contributed by atoms with van der Waals surface area (Å²) >= 11 is 3.45. The molecule has 6 heteroatoms. The lowest BCUT2D eigenvalue weighted by Crippen LogP contribution is -2.37. The molecule has 2 aromatic rings. The van der Waals surface area contributed by atoms with Gasteiger partial charge in [-0.1, -0.05) is 28.1 Å². The van der Waals surface area contributed by atoms with E-state index in [1.807, 2.05) is 36.5 Å². The van der Waals surface area contributed by atoms with Gasteiger partial charge in [0.05, 0.1) is 18.6 Å². The molecule has 0 bridgehead atoms. The Bertz CT molecular complexity index is 784. The fraction of sp³-hybridized carbons (Fsp3) is 0.400. The molecule has 2 fully saturated rings. The molecule has 5 nitrogen and oxygen atoms in total. The Morgan fingerprint density at radius 1 is 1.19 bits per heavy atom. The summed E-state index contributed by atoms with van der Waals surface area (Å²) < 4.78 is 6.43. The lowest BCUT2D eigenvalue weighted by atomic mass is 9.95. The van der Waals surface area contributed by atoms with Crippen molar-refractivity contribution in [1.82, 2.24) is 10.3 Å². The molecule has 26 heavy (non-hydrogen) atoms. The molecule has 0 unspecified atom stereocenters. The quantitative estimate of drug-likeness (QED) is 0.815. The summed E-state index contributed by atoms with van der Waals surface area (Å²) in [6, 6.07) is 12.1. The van der Waals surface area contributed by atoms with Crippen molar-refractivity contribution in [3.63, 3.8) is 0 Å². The van der Waals surface area contributed by atoms with Gasteiger partial charge in [-0.2, -0.15) is 0 Å². The van der Waals surface area contributed by atoms with Gasteiger partial charge in [0.2, 0.25) is 5.91 Å². The second-order valence-electron chi connectivity index (χ2n) is 6.89. The smallest absolute Gasteiger partial charge is 0.230 e. The van der Waals surface area contributed by atoms with Crippen LogP contribution in [0.1, 0.15) is 24.0 Å². The van der Waals surface area contributed by atoms with Crippen LogP contribution in [0.4, 0.5) is 5.82 Å². The topological polar surface area (TPSA) is 54.5 Å². The number of rotatable bonds is 5. The molecule has 1 aliphatic heterocycles. The van der Waals surface area contributed by atoms with Crippen molar-refractivity contribution in [2.45, 2.75) is 24.8 Å². The van der Waals surface area contributed by atoms with Gasteiger partial charge in [-0.15, -0.1) is 0 Å². The monoisotopic (exact) mass is 415 g/mol. The number of benzene rings is 1. The van der Waals surface area contributed by atoms with Crippen molar-refractivity contribution in [2.24, 2.45) is 0 Å². The van der Waals surface area contributed by atoms with Gasteiger partial charge in [-0.25, -0.2) is 4.98 Å². The first kappa shape index (κ1) is 17.5. The Balaban J connectivity index is 1.41. The first-order chi connectivity index (χ1) is 12.7. The molecule has 1 saturated heterocycles. The summed E-state index contributed by atoms with van der Waals surface area (Å²) in [5, 5.41) is 3.12. The second kappa shape index (κ2) is 7.37. The molecule has 1 aromatic heterocycles. The van der Waals surface area contributed by atoms with Crippen LogP contribution < -0.4 is 10.2 Å². The van der Waals surface area contributed by atoms with Crippen LogP contribution in [0.2, 0.25) is 0 Å². The van der Waals surface area contributed by atoms with E-state index in [4.69, 9.17) is 4.74 Å². The van der Waals surface area contributed by atoms with E-state index in [0.717, 1.165) is 60.6 Å². The van der Waals surface area contributed by atoms with Crippen LogP contribution in [-0.2, 0) is 21.5 Å². The van der Waals surface area contributed by atoms with Gasteiger partial charge in [0.15, 0.2) is 0 Å². The van der Waals surface area contributed by atoms with E-state index in [1.165, 1.54) is 0 Å². The number of morpholine rings is 1. The van der Waals surface area contributed by atoms with E-state index in [9.17, 15) is 4.79 Å². The number of halogens is 1. The summed E-state index contributed by atoms with van der Waals surface area (Å²) in [6.07, 6.45) is 3.64. The summed E-state index contributed by atoms with van der Waals surface area (Å²) in [5.74, 6) is 1.07. The fourth-order valence-electron chi connectivity index (χ4n) is 3.43. The number of nitrogens with zero attached hydrogens (tertiary/aromatic N) is 2. The molecule has 136 valence electrons. The van der Waals surface area contributed by atoms with E-state index in [0.29, 0.717) is 6.54 Å². The van der Waals surface area contributed by atoms with Gasteiger partial charge < -0.3 is 15.0 Å². The number of hydrogen-bond donors (Lipinski definition) is 1. The third-order valence-electron chi connectivity index (χ3n) is 5.18. The highest BCUT2D eigenvalue weighted by molar-refractivity contribution is 9.10. The molecule has 0 atom stereocenters. The Morgan fingerprint density at radius 2 is 1.92 bits per heavy atom. The number of carbonyl (C=O) groups excluding carboxylic acids is 1. The van der Waals surface area contributed by atoms with Crippen LogP contribution >= 0.6 is 15.9 Å². The van der Waals surface area contributed by atoms with E-state index in [-0.39, 0.29) is 11.3 Å². The molecule has 1 N–H and O–H groups in total. The Morgan fingerprint density at radius 3 is 2.62 bits per heavy atom. The number of aromatic nitrogens is 1. The number of ether oxygens (including phenoxy) is 1. The van der Waals surface area contributed by atoms with Crippen LogP contribution in [0.15, 0.2) is 47.1 Å². The Hall–Kier alpha value is -1.92. The van der Waals surface area contributed by atoms with E-state index in [2.05, 4.69) is 37.2 Å². The number of nitrogens with one attached hydrogen (secondary N) is 1. The maximum absolute atomic E-state index is 12.8. The summed E-state index contributed by atoms with van der Waals surface area (Å²) in [6.45, 7) is 3.71. The first-order valence-corrected chi connectivity index (χ1v) is 9.79. The molecule has 4 rings (SSSR count). The van der Waals surface area contributed by atoms with Gasteiger partial charge in [-0.05, 0) is 48.2 Å². The minimum absolute atomic E-state index is 0.115. The van der Waals surface area contributed by atoms with E-state index < -0.39 is 0 Å². The molecule has 1 amide bonds. The minimum Gasteiger partial charge on any atom is -0.378 e. The zero-order valence-electron chi connectivity index (χ0n) is 14.6. The fourth-order valence-corrected chi connectivity index (χ4v) is 3.69. The lowest BCUT2D eigenvalue weighted by Gasteiger charge is -2.28. The molecular formula is C20H22BrN3O2. The number of anilines is 1. The maximum atomic E-state index is 12.8. The molecule has 1 aliphatic carbocycles. The third kappa shape index (κ3) is 3.62. The zero-order chi connectivity index (χ0) is 18.0. The largest absolute Gasteiger partial charge is 0.378 e. The molecule has 2 heterocycles. The highest BCUT2D eigenvalue weighted by Gasteiger charge is 2.51. The van der Waals surface area contributed by atoms with Crippen molar-refractivity contribution < 1.29 is 9.53 Å². The second-order valence-corrected chi connectivity index (χ2v) is 7.81. The van der Waals surface area contributed by atoms with E-state index >= 15 is 0 Å². The standard InChI is InChI=1S/C20H22BrN3O2/c21-17-3-1-16(2-4-17)20(6-7-20)19(25)23-14-15-5-8-22-18(13-15)24-9-11-26-12-10-24/h1-5,8,13H,6-7,9-12,14H2,(H,23,25). The minimum atomic E-state index is -0.346.